The van der Waals surface area contributed by atoms with Gasteiger partial charge in [0, 0.05) is 22.8 Å². The third-order valence-electron chi connectivity index (χ3n) is 4.13. The van der Waals surface area contributed by atoms with Crippen LogP contribution in [0, 0.1) is 0 Å². The molecule has 10 heteroatoms. The summed E-state index contributed by atoms with van der Waals surface area (Å²) in [6, 6.07) is 11.6. The Morgan fingerprint density at radius 3 is 2.50 bits per heavy atom. The molecule has 1 N–H and O–H groups in total. The van der Waals surface area contributed by atoms with Crippen LogP contribution in [0.4, 0.5) is 5.69 Å². The van der Waals surface area contributed by atoms with Crippen molar-refractivity contribution in [3.05, 3.63) is 58.1 Å². The van der Waals surface area contributed by atoms with Crippen LogP contribution < -0.4 is 5.32 Å². The SMILES string of the molecule is CCn1c(SCC(=O)Nc2ccc(C(=O)OC)cc2)nnc1-c1ccc(Cl)cc1Cl. The van der Waals surface area contributed by atoms with E-state index in [4.69, 9.17) is 23.2 Å². The zero-order valence-corrected chi connectivity index (χ0v) is 18.5. The first-order valence-electron chi connectivity index (χ1n) is 8.92. The lowest BCUT2D eigenvalue weighted by Gasteiger charge is -2.09. The van der Waals surface area contributed by atoms with Gasteiger partial charge in [-0.25, -0.2) is 4.79 Å². The highest BCUT2D eigenvalue weighted by molar-refractivity contribution is 7.99. The Morgan fingerprint density at radius 2 is 1.87 bits per heavy atom. The van der Waals surface area contributed by atoms with Crippen LogP contribution in [0.3, 0.4) is 0 Å². The molecule has 0 aliphatic carbocycles. The maximum absolute atomic E-state index is 12.3. The number of carbonyl (C=O) groups is 2. The molecule has 0 spiro atoms. The summed E-state index contributed by atoms with van der Waals surface area (Å²) in [6.45, 7) is 2.57. The van der Waals surface area contributed by atoms with Crippen molar-refractivity contribution in [3.8, 4) is 11.4 Å². The highest BCUT2D eigenvalue weighted by Gasteiger charge is 2.17. The quantitative estimate of drug-likeness (QED) is 0.399. The number of halogens is 2. The third kappa shape index (κ3) is 5.13. The molecule has 0 fully saturated rings. The number of nitrogens with zero attached hydrogens (tertiary/aromatic N) is 3. The predicted molar refractivity (Wildman–Crippen MR) is 118 cm³/mol. The number of anilines is 1. The van der Waals surface area contributed by atoms with Crippen LogP contribution in [0.25, 0.3) is 11.4 Å². The van der Waals surface area contributed by atoms with Crippen LogP contribution >= 0.6 is 35.0 Å². The average Bonchev–Trinajstić information content (AvgIpc) is 3.14. The number of ether oxygens (including phenoxy) is 1. The highest BCUT2D eigenvalue weighted by atomic mass is 35.5. The summed E-state index contributed by atoms with van der Waals surface area (Å²) < 4.78 is 6.54. The first kappa shape index (κ1) is 22.1. The average molecular weight is 465 g/mol. The summed E-state index contributed by atoms with van der Waals surface area (Å²) in [5, 5.41) is 12.8. The zero-order valence-electron chi connectivity index (χ0n) is 16.2. The fraction of sp³-hybridized carbons (Fsp3) is 0.200. The van der Waals surface area contributed by atoms with Crippen LogP contribution in [-0.4, -0.2) is 39.5 Å². The molecule has 0 unspecified atom stereocenters. The molecule has 0 aliphatic rings. The van der Waals surface area contributed by atoms with Gasteiger partial charge in [-0.15, -0.1) is 10.2 Å². The topological polar surface area (TPSA) is 86.1 Å². The number of carbonyl (C=O) groups excluding carboxylic acids is 2. The first-order valence-corrected chi connectivity index (χ1v) is 10.7. The first-order chi connectivity index (χ1) is 14.4. The molecule has 0 saturated heterocycles. The molecule has 1 heterocycles. The van der Waals surface area contributed by atoms with Gasteiger partial charge in [-0.3, -0.25) is 4.79 Å². The minimum Gasteiger partial charge on any atom is -0.465 e. The number of hydrogen-bond acceptors (Lipinski definition) is 6. The second-order valence-electron chi connectivity index (χ2n) is 6.08. The fourth-order valence-corrected chi connectivity index (χ4v) is 3.98. The molecular weight excluding hydrogens is 447 g/mol. The van der Waals surface area contributed by atoms with Crippen molar-refractivity contribution in [3.63, 3.8) is 0 Å². The lowest BCUT2D eigenvalue weighted by Crippen LogP contribution is -2.15. The molecular formula is C20H18Cl2N4O3S. The second-order valence-corrected chi connectivity index (χ2v) is 7.87. The molecule has 3 aromatic rings. The molecule has 7 nitrogen and oxygen atoms in total. The third-order valence-corrected chi connectivity index (χ3v) is 5.64. The number of hydrogen-bond donors (Lipinski definition) is 1. The van der Waals surface area contributed by atoms with Crippen molar-refractivity contribution in [1.82, 2.24) is 14.8 Å². The van der Waals surface area contributed by atoms with E-state index in [1.54, 1.807) is 42.5 Å². The molecule has 2 aromatic carbocycles. The maximum Gasteiger partial charge on any atom is 0.337 e. The number of nitrogens with one attached hydrogen (secondary N) is 1. The molecule has 3 rings (SSSR count). The molecule has 1 amide bonds. The van der Waals surface area contributed by atoms with Crippen molar-refractivity contribution in [1.29, 1.82) is 0 Å². The maximum atomic E-state index is 12.3. The van der Waals surface area contributed by atoms with Crippen molar-refractivity contribution >= 4 is 52.5 Å². The summed E-state index contributed by atoms with van der Waals surface area (Å²) in [5.41, 5.74) is 1.71. The van der Waals surface area contributed by atoms with Gasteiger partial charge in [0.05, 0.1) is 23.4 Å². The lowest BCUT2D eigenvalue weighted by atomic mass is 10.2. The Bertz CT molecular complexity index is 1070. The molecule has 156 valence electrons. The van der Waals surface area contributed by atoms with E-state index in [9.17, 15) is 9.59 Å². The van der Waals surface area contributed by atoms with Gasteiger partial charge in [-0.2, -0.15) is 0 Å². The molecule has 0 saturated carbocycles. The van der Waals surface area contributed by atoms with Gasteiger partial charge in [0.1, 0.15) is 0 Å². The Hall–Kier alpha value is -2.55. The van der Waals surface area contributed by atoms with Gasteiger partial charge in [0.2, 0.25) is 5.91 Å². The zero-order chi connectivity index (χ0) is 21.7. The molecule has 0 radical (unpaired) electrons. The van der Waals surface area contributed by atoms with Gasteiger partial charge >= 0.3 is 5.97 Å². The molecule has 0 aliphatic heterocycles. The van der Waals surface area contributed by atoms with Crippen LogP contribution in [0.1, 0.15) is 17.3 Å². The number of methoxy groups -OCH3 is 1. The molecule has 0 atom stereocenters. The standard InChI is InChI=1S/C20H18Cl2N4O3S/c1-3-26-18(15-9-6-13(21)10-16(15)22)24-25-20(26)30-11-17(27)23-14-7-4-12(5-8-14)19(28)29-2/h4-10H,3,11H2,1-2H3,(H,23,27). The van der Waals surface area contributed by atoms with Gasteiger partial charge in [-0.05, 0) is 49.4 Å². The monoisotopic (exact) mass is 464 g/mol. The van der Waals surface area contributed by atoms with Crippen molar-refractivity contribution < 1.29 is 14.3 Å². The minimum absolute atomic E-state index is 0.144. The van der Waals surface area contributed by atoms with E-state index < -0.39 is 5.97 Å². The van der Waals surface area contributed by atoms with Gasteiger partial charge < -0.3 is 14.6 Å². The summed E-state index contributed by atoms with van der Waals surface area (Å²) in [4.78, 5) is 23.8. The number of esters is 1. The van der Waals surface area contributed by atoms with Gasteiger partial charge in [-0.1, -0.05) is 35.0 Å². The summed E-state index contributed by atoms with van der Waals surface area (Å²) >= 11 is 13.5. The van der Waals surface area contributed by atoms with Gasteiger partial charge in [0.15, 0.2) is 11.0 Å². The van der Waals surface area contributed by atoms with Crippen molar-refractivity contribution in [2.45, 2.75) is 18.6 Å². The lowest BCUT2D eigenvalue weighted by molar-refractivity contribution is -0.113. The van der Waals surface area contributed by atoms with E-state index in [2.05, 4.69) is 20.3 Å². The van der Waals surface area contributed by atoms with E-state index in [1.807, 2.05) is 11.5 Å². The van der Waals surface area contributed by atoms with Crippen molar-refractivity contribution in [2.24, 2.45) is 0 Å². The minimum atomic E-state index is -0.432. The largest absolute Gasteiger partial charge is 0.465 e. The van der Waals surface area contributed by atoms with E-state index in [1.165, 1.54) is 18.9 Å². The van der Waals surface area contributed by atoms with E-state index in [-0.39, 0.29) is 11.7 Å². The number of aromatic nitrogens is 3. The fourth-order valence-electron chi connectivity index (χ4n) is 2.69. The van der Waals surface area contributed by atoms with E-state index in [0.717, 1.165) is 5.56 Å². The summed E-state index contributed by atoms with van der Waals surface area (Å²) in [5.74, 6) is 0.118. The molecule has 1 aromatic heterocycles. The van der Waals surface area contributed by atoms with Crippen molar-refractivity contribution in [2.75, 3.05) is 18.2 Å². The Labute approximate surface area is 187 Å². The molecule has 0 bridgehead atoms. The Kier molecular flexibility index (Phi) is 7.36. The van der Waals surface area contributed by atoms with Crippen LogP contribution in [0.2, 0.25) is 10.0 Å². The summed E-state index contributed by atoms with van der Waals surface area (Å²) in [7, 11) is 1.32. The van der Waals surface area contributed by atoms with Gasteiger partial charge in [0.25, 0.3) is 0 Å². The summed E-state index contributed by atoms with van der Waals surface area (Å²) in [6.07, 6.45) is 0. The van der Waals surface area contributed by atoms with E-state index in [0.29, 0.717) is 38.8 Å². The number of amides is 1. The van der Waals surface area contributed by atoms with E-state index >= 15 is 0 Å². The van der Waals surface area contributed by atoms with Crippen LogP contribution in [0.15, 0.2) is 47.6 Å². The Balaban J connectivity index is 1.66. The van der Waals surface area contributed by atoms with Crippen LogP contribution in [-0.2, 0) is 16.1 Å². The predicted octanol–water partition coefficient (Wildman–Crippen LogP) is 4.79. The van der Waals surface area contributed by atoms with Crippen LogP contribution in [0.5, 0.6) is 0 Å². The number of rotatable bonds is 7. The molecule has 30 heavy (non-hydrogen) atoms. The highest BCUT2D eigenvalue weighted by Crippen LogP contribution is 2.31. The second kappa shape index (κ2) is 9.97. The number of thioether (sulfide) groups is 1. The Morgan fingerprint density at radius 1 is 1.13 bits per heavy atom. The normalized spacial score (nSPS) is 10.7. The number of benzene rings is 2. The smallest absolute Gasteiger partial charge is 0.337 e.